The van der Waals surface area contributed by atoms with Gasteiger partial charge in [-0.1, -0.05) is 6.07 Å². The lowest BCUT2D eigenvalue weighted by Crippen LogP contribution is -2.31. The summed E-state index contributed by atoms with van der Waals surface area (Å²) in [5.41, 5.74) is 1.51. The molecule has 0 aliphatic carbocycles. The van der Waals surface area contributed by atoms with Gasteiger partial charge < -0.3 is 20.1 Å². The van der Waals surface area contributed by atoms with Crippen LogP contribution in [-0.2, 0) is 0 Å². The van der Waals surface area contributed by atoms with E-state index in [1.807, 2.05) is 13.0 Å². The monoisotopic (exact) mass is 286 g/mol. The number of benzene rings is 1. The second kappa shape index (κ2) is 6.38. The van der Waals surface area contributed by atoms with Crippen LogP contribution < -0.4 is 15.5 Å². The maximum absolute atomic E-state index is 12.1. The molecular weight excluding hydrogens is 271 g/mol. The van der Waals surface area contributed by atoms with Gasteiger partial charge in [-0.25, -0.2) is 4.98 Å². The van der Waals surface area contributed by atoms with Gasteiger partial charge in [-0.05, 0) is 36.8 Å². The van der Waals surface area contributed by atoms with Crippen molar-refractivity contribution in [3.63, 3.8) is 0 Å². The van der Waals surface area contributed by atoms with Crippen LogP contribution in [0.15, 0.2) is 36.5 Å². The van der Waals surface area contributed by atoms with Crippen molar-refractivity contribution < 1.29 is 19.6 Å². The Balaban J connectivity index is 2.23. The molecule has 0 saturated carbocycles. The van der Waals surface area contributed by atoms with Crippen LogP contribution in [0.1, 0.15) is 15.9 Å². The van der Waals surface area contributed by atoms with Crippen molar-refractivity contribution in [2.45, 2.75) is 6.92 Å². The van der Waals surface area contributed by atoms with E-state index >= 15 is 0 Å². The van der Waals surface area contributed by atoms with E-state index in [-0.39, 0.29) is 17.1 Å². The van der Waals surface area contributed by atoms with E-state index in [1.165, 1.54) is 25.3 Å². The second-order valence-electron chi connectivity index (χ2n) is 4.50. The molecule has 108 valence electrons. The SMILES string of the molecule is COc1cc(C(=O)Nc2cc(C)ccn2)ccc1B(O)O. The molecule has 0 aliphatic heterocycles. The Hall–Kier alpha value is -2.38. The Kier molecular flexibility index (Phi) is 4.57. The number of aromatic nitrogens is 1. The van der Waals surface area contributed by atoms with E-state index in [1.54, 1.807) is 12.3 Å². The number of carbonyl (C=O) groups excluding carboxylic acids is 1. The number of pyridine rings is 1. The molecule has 1 aromatic carbocycles. The number of rotatable bonds is 4. The molecule has 2 rings (SSSR count). The predicted octanol–water partition coefficient (Wildman–Crippen LogP) is 0.331. The van der Waals surface area contributed by atoms with Crippen molar-refractivity contribution in [1.82, 2.24) is 4.98 Å². The van der Waals surface area contributed by atoms with Crippen molar-refractivity contribution >= 4 is 24.3 Å². The van der Waals surface area contributed by atoms with Gasteiger partial charge >= 0.3 is 7.12 Å². The highest BCUT2D eigenvalue weighted by Crippen LogP contribution is 2.13. The maximum Gasteiger partial charge on any atom is 0.492 e. The molecule has 0 unspecified atom stereocenters. The number of amides is 1. The van der Waals surface area contributed by atoms with Gasteiger partial charge in [0.1, 0.15) is 11.6 Å². The third kappa shape index (κ3) is 3.59. The minimum Gasteiger partial charge on any atom is -0.497 e. The van der Waals surface area contributed by atoms with Gasteiger partial charge in [0.05, 0.1) is 7.11 Å². The Morgan fingerprint density at radius 1 is 1.29 bits per heavy atom. The van der Waals surface area contributed by atoms with Gasteiger partial charge in [-0.3, -0.25) is 4.79 Å². The lowest BCUT2D eigenvalue weighted by Gasteiger charge is -2.10. The van der Waals surface area contributed by atoms with E-state index in [0.717, 1.165) is 5.56 Å². The Labute approximate surface area is 122 Å². The molecular formula is C14H15BN2O4. The minimum absolute atomic E-state index is 0.197. The van der Waals surface area contributed by atoms with Crippen molar-refractivity contribution in [2.75, 3.05) is 12.4 Å². The zero-order valence-electron chi connectivity index (χ0n) is 11.7. The van der Waals surface area contributed by atoms with Crippen LogP contribution in [0.2, 0.25) is 0 Å². The number of ether oxygens (including phenoxy) is 1. The van der Waals surface area contributed by atoms with Gasteiger partial charge in [0.15, 0.2) is 0 Å². The number of hydrogen-bond acceptors (Lipinski definition) is 5. The third-order valence-corrected chi connectivity index (χ3v) is 2.93. The van der Waals surface area contributed by atoms with Gasteiger partial charge in [-0.15, -0.1) is 0 Å². The highest BCUT2D eigenvalue weighted by molar-refractivity contribution is 6.59. The van der Waals surface area contributed by atoms with Crippen LogP contribution in [0.3, 0.4) is 0 Å². The molecule has 0 fully saturated rings. The van der Waals surface area contributed by atoms with Crippen molar-refractivity contribution in [2.24, 2.45) is 0 Å². The molecule has 21 heavy (non-hydrogen) atoms. The lowest BCUT2D eigenvalue weighted by atomic mass is 9.79. The smallest absolute Gasteiger partial charge is 0.492 e. The van der Waals surface area contributed by atoms with Crippen LogP contribution in [-0.4, -0.2) is 35.2 Å². The zero-order chi connectivity index (χ0) is 15.4. The molecule has 0 aliphatic rings. The first-order chi connectivity index (χ1) is 10.0. The van der Waals surface area contributed by atoms with E-state index in [9.17, 15) is 14.8 Å². The van der Waals surface area contributed by atoms with Crippen LogP contribution in [0.4, 0.5) is 5.82 Å². The summed E-state index contributed by atoms with van der Waals surface area (Å²) in [4.78, 5) is 16.2. The molecule has 0 atom stereocenters. The van der Waals surface area contributed by atoms with E-state index in [0.29, 0.717) is 11.4 Å². The Morgan fingerprint density at radius 2 is 2.05 bits per heavy atom. The summed E-state index contributed by atoms with van der Waals surface area (Å²) >= 11 is 0. The zero-order valence-corrected chi connectivity index (χ0v) is 11.7. The summed E-state index contributed by atoms with van der Waals surface area (Å²) in [6.07, 6.45) is 1.61. The summed E-state index contributed by atoms with van der Waals surface area (Å²) in [7, 11) is -0.263. The van der Waals surface area contributed by atoms with Gasteiger partial charge in [0, 0.05) is 17.2 Å². The largest absolute Gasteiger partial charge is 0.497 e. The summed E-state index contributed by atoms with van der Waals surface area (Å²) in [5.74, 6) is 0.325. The van der Waals surface area contributed by atoms with Crippen LogP contribution >= 0.6 is 0 Å². The van der Waals surface area contributed by atoms with E-state index in [2.05, 4.69) is 10.3 Å². The molecule has 0 saturated heterocycles. The Morgan fingerprint density at radius 3 is 2.67 bits per heavy atom. The number of anilines is 1. The third-order valence-electron chi connectivity index (χ3n) is 2.93. The fraction of sp³-hybridized carbons (Fsp3) is 0.143. The van der Waals surface area contributed by atoms with Gasteiger partial charge in [0.25, 0.3) is 5.91 Å². The quantitative estimate of drug-likeness (QED) is 0.704. The Bertz CT molecular complexity index is 661. The molecule has 1 heterocycles. The van der Waals surface area contributed by atoms with Gasteiger partial charge in [0.2, 0.25) is 0 Å². The van der Waals surface area contributed by atoms with Crippen molar-refractivity contribution in [1.29, 1.82) is 0 Å². The average Bonchev–Trinajstić information content (AvgIpc) is 2.46. The second-order valence-corrected chi connectivity index (χ2v) is 4.50. The minimum atomic E-state index is -1.66. The molecule has 3 N–H and O–H groups in total. The van der Waals surface area contributed by atoms with Crippen molar-refractivity contribution in [3.8, 4) is 5.75 Å². The molecule has 1 amide bonds. The highest BCUT2D eigenvalue weighted by Gasteiger charge is 2.18. The first-order valence-corrected chi connectivity index (χ1v) is 6.29. The van der Waals surface area contributed by atoms with Gasteiger partial charge in [-0.2, -0.15) is 0 Å². The predicted molar refractivity (Wildman–Crippen MR) is 79.7 cm³/mol. The first-order valence-electron chi connectivity index (χ1n) is 6.29. The van der Waals surface area contributed by atoms with Crippen LogP contribution in [0.5, 0.6) is 5.75 Å². The number of nitrogens with zero attached hydrogens (tertiary/aromatic N) is 1. The average molecular weight is 286 g/mol. The molecule has 7 heteroatoms. The topological polar surface area (TPSA) is 91.7 Å². The maximum atomic E-state index is 12.1. The number of aryl methyl sites for hydroxylation is 1. The van der Waals surface area contributed by atoms with Crippen LogP contribution in [0, 0.1) is 6.92 Å². The number of carbonyl (C=O) groups is 1. The molecule has 6 nitrogen and oxygen atoms in total. The summed E-state index contributed by atoms with van der Waals surface area (Å²) in [6, 6.07) is 7.95. The molecule has 1 aromatic heterocycles. The van der Waals surface area contributed by atoms with E-state index in [4.69, 9.17) is 4.74 Å². The fourth-order valence-electron chi connectivity index (χ4n) is 1.86. The fourth-order valence-corrected chi connectivity index (χ4v) is 1.86. The highest BCUT2D eigenvalue weighted by atomic mass is 16.5. The molecule has 2 aromatic rings. The first kappa shape index (κ1) is 15.0. The van der Waals surface area contributed by atoms with Crippen molar-refractivity contribution in [3.05, 3.63) is 47.7 Å². The molecule has 0 radical (unpaired) electrons. The molecule has 0 spiro atoms. The number of nitrogens with one attached hydrogen (secondary N) is 1. The standard InChI is InChI=1S/C14H15BN2O4/c1-9-5-6-16-13(7-9)17-14(18)10-3-4-11(15(19)20)12(8-10)21-2/h3-8,19-20H,1-2H3,(H,16,17,18). The normalized spacial score (nSPS) is 10.1. The number of hydrogen-bond donors (Lipinski definition) is 3. The van der Waals surface area contributed by atoms with Crippen LogP contribution in [0.25, 0.3) is 0 Å². The summed E-state index contributed by atoms with van der Waals surface area (Å²) in [6.45, 7) is 1.90. The summed E-state index contributed by atoms with van der Waals surface area (Å²) in [5, 5.41) is 21.1. The van der Waals surface area contributed by atoms with E-state index < -0.39 is 7.12 Å². The number of methoxy groups -OCH3 is 1. The lowest BCUT2D eigenvalue weighted by molar-refractivity contribution is 0.102. The molecule has 0 bridgehead atoms. The summed E-state index contributed by atoms with van der Waals surface area (Å²) < 4.78 is 5.05.